The second-order valence-electron chi connectivity index (χ2n) is 33.4. The van der Waals surface area contributed by atoms with Gasteiger partial charge in [-0.15, -0.1) is 0 Å². The summed E-state index contributed by atoms with van der Waals surface area (Å²) < 4.78 is 0. The smallest absolute Gasteiger partial charge is 0.326 e. The van der Waals surface area contributed by atoms with Gasteiger partial charge in [0.25, 0.3) is 0 Å². The van der Waals surface area contributed by atoms with Crippen molar-refractivity contribution < 1.29 is 126 Å². The number of primary amides is 4. The van der Waals surface area contributed by atoms with Crippen LogP contribution in [0.1, 0.15) is 174 Å². The van der Waals surface area contributed by atoms with Crippen molar-refractivity contribution >= 4 is 136 Å². The number of carboxylic acids is 2. The molecule has 1 aliphatic rings. The molecule has 0 bridgehead atoms. The highest BCUT2D eigenvalue weighted by atomic mass is 16.4. The molecule has 138 heavy (non-hydrogen) atoms. The van der Waals surface area contributed by atoms with Gasteiger partial charge >= 0.3 is 11.9 Å². The summed E-state index contributed by atoms with van der Waals surface area (Å²) in [6, 6.07) is -27.7. The molecular formula is C81H135N31O26. The number of likely N-dealkylation sites (tertiary alicyclic amines) is 1. The summed E-state index contributed by atoms with van der Waals surface area (Å²) in [5.41, 5.74) is 44.8. The molecule has 1 saturated heterocycles. The average molecular weight is 1960 g/mol. The first-order valence-electron chi connectivity index (χ1n) is 44.6. The number of nitrogens with one attached hydrogen (secondary N) is 20. The number of carbonyl (C=O) groups excluding carboxylic acids is 19. The summed E-state index contributed by atoms with van der Waals surface area (Å²) in [5, 5.41) is 105. The van der Waals surface area contributed by atoms with Crippen LogP contribution in [0.3, 0.4) is 0 Å². The predicted molar refractivity (Wildman–Crippen MR) is 484 cm³/mol. The lowest BCUT2D eigenvalue weighted by molar-refractivity contribution is -0.145. The number of rotatable bonds is 67. The van der Waals surface area contributed by atoms with Crippen LogP contribution in [0.5, 0.6) is 0 Å². The molecule has 57 nitrogen and oxygen atoms in total. The van der Waals surface area contributed by atoms with E-state index in [2.05, 4.69) is 105 Å². The van der Waals surface area contributed by atoms with Crippen molar-refractivity contribution in [2.45, 2.75) is 279 Å². The molecule has 1 fully saturated rings. The van der Waals surface area contributed by atoms with E-state index in [1.807, 2.05) is 0 Å². The van der Waals surface area contributed by atoms with Crippen molar-refractivity contribution in [1.29, 1.82) is 10.8 Å². The third-order valence-corrected chi connectivity index (χ3v) is 21.7. The summed E-state index contributed by atoms with van der Waals surface area (Å²) in [6.45, 7) is 4.78. The van der Waals surface area contributed by atoms with Gasteiger partial charge in [-0.25, -0.2) is 14.8 Å². The fourth-order valence-electron chi connectivity index (χ4n) is 13.9. The van der Waals surface area contributed by atoms with Crippen molar-refractivity contribution in [2.24, 2.45) is 57.7 Å². The Hall–Kier alpha value is -14.4. The van der Waals surface area contributed by atoms with Crippen LogP contribution >= 0.6 is 0 Å². The first-order valence-corrected chi connectivity index (χ1v) is 44.6. The fourth-order valence-corrected chi connectivity index (χ4v) is 13.9. The van der Waals surface area contributed by atoms with Gasteiger partial charge < -0.3 is 171 Å². The Kier molecular flexibility index (Phi) is 52.0. The van der Waals surface area contributed by atoms with Crippen LogP contribution in [0.15, 0.2) is 25.0 Å². The van der Waals surface area contributed by atoms with E-state index in [0.29, 0.717) is 19.4 Å². The molecule has 0 radical (unpaired) electrons. The molecule has 0 aliphatic carbocycles. The van der Waals surface area contributed by atoms with Crippen molar-refractivity contribution in [3.63, 3.8) is 0 Å². The van der Waals surface area contributed by atoms with E-state index in [-0.39, 0.29) is 108 Å². The minimum absolute atomic E-state index is 0.0169. The van der Waals surface area contributed by atoms with Crippen LogP contribution in [-0.4, -0.2) is 329 Å². The maximum atomic E-state index is 14.8. The molecule has 3 heterocycles. The van der Waals surface area contributed by atoms with E-state index < -0.39 is 316 Å². The van der Waals surface area contributed by atoms with E-state index in [0.717, 1.165) is 11.8 Å². The largest absolute Gasteiger partial charge is 0.481 e. The van der Waals surface area contributed by atoms with Gasteiger partial charge in [0.2, 0.25) is 112 Å². The highest BCUT2D eigenvalue weighted by Crippen LogP contribution is 2.22. The molecule has 0 saturated carbocycles. The van der Waals surface area contributed by atoms with E-state index in [4.69, 9.17) is 56.7 Å². The van der Waals surface area contributed by atoms with Crippen LogP contribution in [0, 0.1) is 22.7 Å². The highest BCUT2D eigenvalue weighted by Gasteiger charge is 2.44. The molecule has 18 atom stereocenters. The number of amides is 19. The fraction of sp³-hybridized carbons (Fsp3) is 0.642. The third-order valence-electron chi connectivity index (χ3n) is 21.7. The van der Waals surface area contributed by atoms with Crippen LogP contribution in [0.25, 0.3) is 0 Å². The lowest BCUT2D eigenvalue weighted by atomic mass is 9.96. The molecule has 0 spiro atoms. The number of nitrogens with two attached hydrogens (primary N) is 8. The van der Waals surface area contributed by atoms with Gasteiger partial charge in [-0.05, 0) is 109 Å². The third kappa shape index (κ3) is 43.1. The van der Waals surface area contributed by atoms with Gasteiger partial charge in [0.15, 0.2) is 11.9 Å². The van der Waals surface area contributed by atoms with E-state index in [1.54, 1.807) is 20.8 Å². The molecule has 41 N–H and O–H groups in total. The predicted octanol–water partition coefficient (Wildman–Crippen LogP) is -13.2. The number of aliphatic carboxylic acids is 2. The number of guanidine groups is 2. The summed E-state index contributed by atoms with van der Waals surface area (Å²) in [6.07, 6.45) is -2.85. The van der Waals surface area contributed by atoms with Crippen molar-refractivity contribution in [2.75, 3.05) is 39.4 Å². The summed E-state index contributed by atoms with van der Waals surface area (Å²) >= 11 is 0. The number of aliphatic hydroxyl groups is 3. The quantitative estimate of drug-likeness (QED) is 0.0166. The zero-order valence-electron chi connectivity index (χ0n) is 77.3. The van der Waals surface area contributed by atoms with Gasteiger partial charge in [-0.1, -0.05) is 40.5 Å². The van der Waals surface area contributed by atoms with E-state index in [9.17, 15) is 126 Å². The van der Waals surface area contributed by atoms with Crippen LogP contribution < -0.4 is 131 Å². The molecule has 19 amide bonds. The number of imidazole rings is 2. The summed E-state index contributed by atoms with van der Waals surface area (Å²) in [5.74, 6) is -26.5. The van der Waals surface area contributed by atoms with Crippen molar-refractivity contribution in [1.82, 2.24) is 110 Å². The lowest BCUT2D eigenvalue weighted by Gasteiger charge is -2.32. The Morgan fingerprint density at radius 1 is 0.442 bits per heavy atom. The maximum Gasteiger partial charge on any atom is 0.326 e. The Labute approximate surface area is 792 Å². The van der Waals surface area contributed by atoms with Gasteiger partial charge in [-0.3, -0.25) is 107 Å². The number of nitrogens with zero attached hydrogens (tertiary/aromatic N) is 3. The van der Waals surface area contributed by atoms with Gasteiger partial charge in [0, 0.05) is 81.9 Å². The Morgan fingerprint density at radius 2 is 0.790 bits per heavy atom. The minimum Gasteiger partial charge on any atom is -0.481 e. The lowest BCUT2D eigenvalue weighted by Crippen LogP contribution is -2.62. The molecule has 2 aromatic rings. The number of hydrogen-bond donors (Lipinski definition) is 33. The molecule has 0 unspecified atom stereocenters. The Morgan fingerprint density at radius 3 is 1.15 bits per heavy atom. The number of aliphatic hydroxyl groups excluding tert-OH is 3. The number of hydrogen-bond acceptors (Lipinski definition) is 30. The van der Waals surface area contributed by atoms with E-state index in [1.165, 1.54) is 32.0 Å². The summed E-state index contributed by atoms with van der Waals surface area (Å²) in [4.78, 5) is 301. The number of unbranched alkanes of at least 4 members (excludes halogenated alkanes) is 1. The number of carbonyl (C=O) groups is 21. The zero-order valence-corrected chi connectivity index (χ0v) is 77.3. The van der Waals surface area contributed by atoms with E-state index >= 15 is 0 Å². The minimum atomic E-state index is -2.11. The standard InChI is InChI=1S/C81H135N31O26/c1-6-39(4)62(77(135)106-51(30-42-33-93-37-97-42)72(130)101-47(17-21-58(85)117)67(125)105-52(31-61(120)121)73(131)107-53(79(137)138)28-38(2)3)110-70(128)49(19-23-60(87)119)102-74(132)54(34-113)109-75(133)55(35-114)108-68(126)48(18-22-59(86)118)103-76(134)56-15-11-27-112(56)78(136)63(40(5)115)111-69(127)45(14-10-26-95-81(90)91)100-71(129)50(29-41-32-92-36-96-41)104-65(123)44(13-9-25-94-80(88)89)99-66(124)46(16-20-57(84)116)98-64(122)43(83)12-7-8-24-82/h32-33,36-40,43-56,62-63,113-115H,6-31,34-35,82-83H2,1-5H3,(H2,84,116)(H2,85,117)(H2,86,118)(H2,87,119)(H,92,96)(H,93,97)(H,98,122)(H,99,124)(H,100,129)(H,101,130)(H,102,132)(H,103,134)(H,104,123)(H,105,125)(H,106,135)(H,107,131)(H,108,126)(H,109,133)(H,110,128)(H,111,127)(H,120,121)(H,137,138)(H4,88,89,94)(H4,90,91,95)/t39-,40+,43-,44-,45-,46-,47-,48-,49-,50-,51-,52-,53-,54-,55-,56-,62-,63-/m0/s1. The second kappa shape index (κ2) is 60.9. The van der Waals surface area contributed by atoms with Crippen molar-refractivity contribution in [3.8, 4) is 0 Å². The highest BCUT2D eigenvalue weighted by molar-refractivity contribution is 6.02. The number of H-pyrrole nitrogens is 2. The van der Waals surface area contributed by atoms with Gasteiger partial charge in [-0.2, -0.15) is 0 Å². The SMILES string of the molecule is CC[C@H](C)[C@H](NC(=O)[C@H](CCC(N)=O)NC(=O)[C@H](CO)NC(=O)[C@H](CO)NC(=O)[C@H](CCC(N)=O)NC(=O)[C@@H]1CCCN1C(=O)[C@@H](NC(=O)[C@H](CCCNC(=N)N)NC(=O)[C@H](Cc1cnc[nH]1)NC(=O)[C@H](CCCNC(=N)N)NC(=O)[C@H](CCC(N)=O)NC(=O)[C@@H](N)CCCCN)[C@@H](C)O)C(=O)N[C@@H](Cc1cnc[nH]1)C(=O)N[C@@H](CCC(N)=O)C(=O)N[C@@H](CC(=O)O)C(=O)N[C@@H](CC(C)C)C(=O)O. The molecule has 770 valence electrons. The second-order valence-corrected chi connectivity index (χ2v) is 33.4. The first kappa shape index (κ1) is 118. The normalized spacial score (nSPS) is 15.9. The first-order chi connectivity index (χ1) is 65.0. The molecular weight excluding hydrogens is 1820 g/mol. The number of carboxylic acid groups (broad SMARTS) is 2. The molecule has 3 rings (SSSR count). The maximum absolute atomic E-state index is 14.8. The van der Waals surface area contributed by atoms with Gasteiger partial charge in [0.1, 0.15) is 90.6 Å². The monoisotopic (exact) mass is 1960 g/mol. The molecule has 1 aliphatic heterocycles. The zero-order chi connectivity index (χ0) is 104. The topological polar surface area (TPSA) is 969 Å². The molecule has 2 aromatic heterocycles. The number of aromatic amines is 2. The Balaban J connectivity index is 1.94. The molecule has 57 heteroatoms. The summed E-state index contributed by atoms with van der Waals surface area (Å²) in [7, 11) is 0. The van der Waals surface area contributed by atoms with Crippen molar-refractivity contribution in [3.05, 3.63) is 36.4 Å². The number of aromatic nitrogens is 4. The van der Waals surface area contributed by atoms with Gasteiger partial charge in [0.05, 0.1) is 44.4 Å². The Bertz CT molecular complexity index is 4490. The van der Waals surface area contributed by atoms with Crippen LogP contribution in [-0.2, 0) is 114 Å². The van der Waals surface area contributed by atoms with Crippen LogP contribution in [0.2, 0.25) is 0 Å². The average Bonchev–Trinajstić information content (AvgIpc) is 1.63. The van der Waals surface area contributed by atoms with Crippen LogP contribution in [0.4, 0.5) is 0 Å². The molecule has 0 aromatic carbocycles.